The van der Waals surface area contributed by atoms with Crippen LogP contribution in [0, 0.1) is 25.3 Å². The van der Waals surface area contributed by atoms with Gasteiger partial charge < -0.3 is 4.90 Å². The normalized spacial score (nSPS) is 30.9. The van der Waals surface area contributed by atoms with Gasteiger partial charge in [0.1, 0.15) is 0 Å². The van der Waals surface area contributed by atoms with Gasteiger partial charge in [0.2, 0.25) is 0 Å². The van der Waals surface area contributed by atoms with Crippen LogP contribution < -0.4 is 0 Å². The van der Waals surface area contributed by atoms with Gasteiger partial charge in [-0.1, -0.05) is 43.5 Å². The second-order valence-corrected chi connectivity index (χ2v) is 5.76. The van der Waals surface area contributed by atoms with Crippen molar-refractivity contribution >= 4 is 0 Å². The first-order chi connectivity index (χ1) is 8.81. The summed E-state index contributed by atoms with van der Waals surface area (Å²) in [4.78, 5) is 2.31. The molecule has 3 unspecified atom stereocenters. The van der Waals surface area contributed by atoms with Gasteiger partial charge in [0, 0.05) is 12.1 Å². The molecule has 0 bridgehead atoms. The minimum Gasteiger partial charge on any atom is -0.322 e. The highest BCUT2D eigenvalue weighted by Gasteiger charge is 2.41. The molecule has 1 saturated carbocycles. The Kier molecular flexibility index (Phi) is 3.04. The highest BCUT2D eigenvalue weighted by Crippen LogP contribution is 2.46. The number of hydrogen-bond acceptors (Lipinski definition) is 1. The third-order valence-electron chi connectivity index (χ3n) is 4.78. The standard InChI is InChI=1S/C17H21N/c1-3-18-16-11-7-5-9-14(16)12-17(18)15-10-6-4-8-13(15)2/h1,4,6,8,10,14,16-17H,5,7,9,11-12H2,2H3. The molecule has 0 aromatic heterocycles. The molecule has 18 heavy (non-hydrogen) atoms. The monoisotopic (exact) mass is 239 g/mol. The lowest BCUT2D eigenvalue weighted by atomic mass is 9.84. The average molecular weight is 239 g/mol. The van der Waals surface area contributed by atoms with Crippen molar-refractivity contribution in [2.75, 3.05) is 0 Å². The zero-order valence-corrected chi connectivity index (χ0v) is 11.1. The fourth-order valence-electron chi connectivity index (χ4n) is 3.88. The molecular weight excluding hydrogens is 218 g/mol. The van der Waals surface area contributed by atoms with E-state index in [1.165, 1.54) is 43.2 Å². The van der Waals surface area contributed by atoms with Crippen LogP contribution in [-0.2, 0) is 0 Å². The number of fused-ring (bicyclic) bond motifs is 1. The van der Waals surface area contributed by atoms with Crippen molar-refractivity contribution in [3.05, 3.63) is 35.4 Å². The van der Waals surface area contributed by atoms with Crippen LogP contribution in [0.1, 0.15) is 49.3 Å². The summed E-state index contributed by atoms with van der Waals surface area (Å²) in [5.74, 6) is 0.819. The van der Waals surface area contributed by atoms with E-state index in [0.717, 1.165) is 5.92 Å². The van der Waals surface area contributed by atoms with Crippen LogP contribution >= 0.6 is 0 Å². The minimum absolute atomic E-state index is 0.448. The Labute approximate surface area is 110 Å². The maximum absolute atomic E-state index is 5.79. The maximum atomic E-state index is 5.79. The number of benzene rings is 1. The summed E-state index contributed by atoms with van der Waals surface area (Å²) in [5.41, 5.74) is 2.81. The van der Waals surface area contributed by atoms with Gasteiger partial charge in [-0.05, 0) is 43.2 Å². The van der Waals surface area contributed by atoms with Gasteiger partial charge in [-0.25, -0.2) is 0 Å². The van der Waals surface area contributed by atoms with Crippen molar-refractivity contribution in [2.24, 2.45) is 5.92 Å². The summed E-state index contributed by atoms with van der Waals surface area (Å²) in [6.07, 6.45) is 12.4. The van der Waals surface area contributed by atoms with E-state index in [1.807, 2.05) is 0 Å². The van der Waals surface area contributed by atoms with Gasteiger partial charge in [-0.15, -0.1) is 0 Å². The second-order valence-electron chi connectivity index (χ2n) is 5.76. The Morgan fingerprint density at radius 1 is 1.22 bits per heavy atom. The Morgan fingerprint density at radius 3 is 2.78 bits per heavy atom. The first-order valence-corrected chi connectivity index (χ1v) is 7.11. The van der Waals surface area contributed by atoms with Crippen molar-refractivity contribution in [2.45, 2.75) is 51.1 Å². The van der Waals surface area contributed by atoms with Gasteiger partial charge in [0.05, 0.1) is 6.04 Å². The zero-order valence-electron chi connectivity index (χ0n) is 11.1. The minimum atomic E-state index is 0.448. The molecule has 1 aliphatic carbocycles. The molecule has 1 aromatic rings. The van der Waals surface area contributed by atoms with Crippen LogP contribution in [-0.4, -0.2) is 10.9 Å². The third kappa shape index (κ3) is 1.81. The van der Waals surface area contributed by atoms with Crippen LogP contribution in [0.25, 0.3) is 0 Å². The topological polar surface area (TPSA) is 3.24 Å². The number of aryl methyl sites for hydroxylation is 1. The molecule has 0 amide bonds. The Hall–Kier alpha value is -1.42. The first kappa shape index (κ1) is 11.7. The van der Waals surface area contributed by atoms with Gasteiger partial charge in [0.15, 0.2) is 0 Å². The lowest BCUT2D eigenvalue weighted by molar-refractivity contribution is 0.224. The molecule has 1 nitrogen and oxygen atoms in total. The number of nitrogens with zero attached hydrogens (tertiary/aromatic N) is 1. The predicted molar refractivity (Wildman–Crippen MR) is 75.0 cm³/mol. The zero-order chi connectivity index (χ0) is 12.5. The molecule has 1 heterocycles. The predicted octanol–water partition coefficient (Wildman–Crippen LogP) is 3.89. The molecule has 1 aromatic carbocycles. The van der Waals surface area contributed by atoms with Crippen molar-refractivity contribution < 1.29 is 0 Å². The average Bonchev–Trinajstić information content (AvgIpc) is 2.77. The van der Waals surface area contributed by atoms with E-state index >= 15 is 0 Å². The fourth-order valence-corrected chi connectivity index (χ4v) is 3.88. The number of rotatable bonds is 1. The SMILES string of the molecule is C#CN1C(c2ccccc2C)CC2CCCCC21. The molecule has 3 rings (SSSR count). The Balaban J connectivity index is 1.93. The van der Waals surface area contributed by atoms with E-state index in [2.05, 4.69) is 42.1 Å². The molecule has 94 valence electrons. The summed E-state index contributed by atoms with van der Waals surface area (Å²) in [6.45, 7) is 2.20. The molecule has 2 aliphatic rings. The van der Waals surface area contributed by atoms with Crippen molar-refractivity contribution in [3.63, 3.8) is 0 Å². The highest BCUT2D eigenvalue weighted by atomic mass is 15.2. The van der Waals surface area contributed by atoms with Crippen LogP contribution in [0.2, 0.25) is 0 Å². The molecule has 1 aliphatic heterocycles. The molecule has 1 saturated heterocycles. The summed E-state index contributed by atoms with van der Waals surface area (Å²) >= 11 is 0. The van der Waals surface area contributed by atoms with Gasteiger partial charge in [0.25, 0.3) is 0 Å². The van der Waals surface area contributed by atoms with E-state index in [4.69, 9.17) is 6.42 Å². The van der Waals surface area contributed by atoms with Crippen molar-refractivity contribution in [3.8, 4) is 12.5 Å². The van der Waals surface area contributed by atoms with E-state index in [1.54, 1.807) is 0 Å². The molecule has 2 fully saturated rings. The fraction of sp³-hybridized carbons (Fsp3) is 0.529. The molecule has 3 atom stereocenters. The maximum Gasteiger partial charge on any atom is 0.0630 e. The van der Waals surface area contributed by atoms with E-state index in [0.29, 0.717) is 12.1 Å². The number of terminal acetylenes is 1. The van der Waals surface area contributed by atoms with Crippen molar-refractivity contribution in [1.82, 2.24) is 4.90 Å². The summed E-state index contributed by atoms with van der Waals surface area (Å²) < 4.78 is 0. The molecule has 0 N–H and O–H groups in total. The number of likely N-dealkylation sites (tertiary alicyclic amines) is 1. The van der Waals surface area contributed by atoms with E-state index in [-0.39, 0.29) is 0 Å². The van der Waals surface area contributed by atoms with Gasteiger partial charge in [-0.3, -0.25) is 0 Å². The lowest BCUT2D eigenvalue weighted by Crippen LogP contribution is -2.32. The highest BCUT2D eigenvalue weighted by molar-refractivity contribution is 5.31. The smallest absolute Gasteiger partial charge is 0.0630 e. The third-order valence-corrected chi connectivity index (χ3v) is 4.78. The van der Waals surface area contributed by atoms with Gasteiger partial charge in [-0.2, -0.15) is 0 Å². The van der Waals surface area contributed by atoms with E-state index in [9.17, 15) is 0 Å². The summed E-state index contributed by atoms with van der Waals surface area (Å²) in [6, 6.07) is 12.8. The molecule has 0 radical (unpaired) electrons. The largest absolute Gasteiger partial charge is 0.322 e. The van der Waals surface area contributed by atoms with E-state index < -0.39 is 0 Å². The quantitative estimate of drug-likeness (QED) is 0.672. The second kappa shape index (κ2) is 4.69. The van der Waals surface area contributed by atoms with Crippen molar-refractivity contribution in [1.29, 1.82) is 0 Å². The Bertz CT molecular complexity index is 471. The van der Waals surface area contributed by atoms with Crippen LogP contribution in [0.5, 0.6) is 0 Å². The summed E-state index contributed by atoms with van der Waals surface area (Å²) in [7, 11) is 0. The Morgan fingerprint density at radius 2 is 2.00 bits per heavy atom. The van der Waals surface area contributed by atoms with Gasteiger partial charge >= 0.3 is 0 Å². The van der Waals surface area contributed by atoms with Crippen LogP contribution in [0.15, 0.2) is 24.3 Å². The van der Waals surface area contributed by atoms with Crippen LogP contribution in [0.4, 0.5) is 0 Å². The first-order valence-electron chi connectivity index (χ1n) is 7.11. The molecular formula is C17H21N. The van der Waals surface area contributed by atoms with Crippen LogP contribution in [0.3, 0.4) is 0 Å². The lowest BCUT2D eigenvalue weighted by Gasteiger charge is -2.31. The number of hydrogen-bond donors (Lipinski definition) is 0. The molecule has 1 heteroatoms. The molecule has 0 spiro atoms. The summed E-state index contributed by atoms with van der Waals surface area (Å²) in [5, 5.41) is 0.